The monoisotopic (exact) mass is 768 g/mol. The first-order valence-electron chi connectivity index (χ1n) is 18.7. The molecule has 1 N–H and O–H groups in total. The van der Waals surface area contributed by atoms with Crippen molar-refractivity contribution in [2.75, 3.05) is 11.5 Å². The van der Waals surface area contributed by atoms with E-state index in [1.54, 1.807) is 18.2 Å². The Bertz CT molecular complexity index is 1720. The van der Waals surface area contributed by atoms with Crippen molar-refractivity contribution in [3.63, 3.8) is 0 Å². The zero-order valence-corrected chi connectivity index (χ0v) is 33.5. The maximum atomic E-state index is 12.9. The van der Waals surface area contributed by atoms with E-state index in [2.05, 4.69) is 114 Å². The summed E-state index contributed by atoms with van der Waals surface area (Å²) >= 11 is 4.63. The van der Waals surface area contributed by atoms with Crippen molar-refractivity contribution < 1.29 is 14.4 Å². The predicted octanol–water partition coefficient (Wildman–Crippen LogP) is 10.3. The summed E-state index contributed by atoms with van der Waals surface area (Å²) in [5, 5.41) is 4.17. The minimum Gasteiger partial charge on any atom is -0.269 e. The SMILES string of the molecule is CCC(C)N1C(=O)c2ccc(NC(=O)CCCCCCCCCCP(Br)(c3ccc(C)cc3)(c3ccc(C)cc3)c3ccc(C)cc3)cc2C1=O. The van der Waals surface area contributed by atoms with Gasteiger partial charge in [-0.15, -0.1) is 0 Å². The maximum absolute atomic E-state index is 12.9. The predicted molar refractivity (Wildman–Crippen MR) is 220 cm³/mol. The second-order valence-electron chi connectivity index (χ2n) is 14.5. The van der Waals surface area contributed by atoms with Crippen molar-refractivity contribution in [1.82, 2.24) is 4.90 Å². The van der Waals surface area contributed by atoms with Gasteiger partial charge < -0.3 is 0 Å². The zero-order chi connectivity index (χ0) is 36.6. The van der Waals surface area contributed by atoms with Crippen molar-refractivity contribution in [1.29, 1.82) is 0 Å². The summed E-state index contributed by atoms with van der Waals surface area (Å²) in [6.45, 7) is 10.3. The molecule has 0 saturated heterocycles. The van der Waals surface area contributed by atoms with Gasteiger partial charge in [0.25, 0.3) is 11.8 Å². The van der Waals surface area contributed by atoms with Gasteiger partial charge >= 0.3 is 227 Å². The van der Waals surface area contributed by atoms with Gasteiger partial charge in [0.1, 0.15) is 0 Å². The quantitative estimate of drug-likeness (QED) is 0.0661. The Hall–Kier alpha value is -3.60. The summed E-state index contributed by atoms with van der Waals surface area (Å²) in [5.41, 5.74) is 5.17. The molecule has 4 aromatic carbocycles. The van der Waals surface area contributed by atoms with E-state index in [0.717, 1.165) is 31.8 Å². The Morgan fingerprint density at radius 3 is 1.55 bits per heavy atom. The Kier molecular flexibility index (Phi) is 12.7. The third kappa shape index (κ3) is 8.39. The number of imide groups is 1. The molecule has 1 atom stereocenters. The molecule has 0 aliphatic carbocycles. The number of aryl methyl sites for hydroxylation is 3. The van der Waals surface area contributed by atoms with E-state index in [0.29, 0.717) is 29.7 Å². The molecule has 1 aliphatic rings. The van der Waals surface area contributed by atoms with Crippen LogP contribution in [0.4, 0.5) is 5.69 Å². The fourth-order valence-corrected chi connectivity index (χ4v) is 15.0. The van der Waals surface area contributed by atoms with E-state index in [1.165, 1.54) is 63.2 Å². The van der Waals surface area contributed by atoms with Crippen LogP contribution < -0.4 is 21.2 Å². The van der Waals surface area contributed by atoms with Crippen LogP contribution in [0.3, 0.4) is 0 Å². The smallest absolute Gasteiger partial charge is 0.261 e. The van der Waals surface area contributed by atoms with Crippen molar-refractivity contribution in [3.05, 3.63) is 119 Å². The van der Waals surface area contributed by atoms with E-state index >= 15 is 0 Å². The van der Waals surface area contributed by atoms with Gasteiger partial charge in [0.2, 0.25) is 0 Å². The number of benzene rings is 4. The Morgan fingerprint density at radius 1 is 0.647 bits per heavy atom. The van der Waals surface area contributed by atoms with Crippen LogP contribution in [0, 0.1) is 20.8 Å². The first-order valence-corrected chi connectivity index (χ1v) is 23.2. The molecule has 3 amide bonds. The first kappa shape index (κ1) is 38.6. The van der Waals surface area contributed by atoms with E-state index in [1.807, 2.05) is 13.8 Å². The number of halogens is 1. The normalized spacial score (nSPS) is 14.2. The molecular weight excluding hydrogens is 715 g/mol. The fourth-order valence-electron chi connectivity index (χ4n) is 7.30. The molecule has 0 radical (unpaired) electrons. The maximum Gasteiger partial charge on any atom is 0.261 e. The van der Waals surface area contributed by atoms with Gasteiger partial charge in [-0.2, -0.15) is 0 Å². The number of carbonyl (C=O) groups is 3. The number of rotatable bonds is 17. The molecule has 1 aliphatic heterocycles. The van der Waals surface area contributed by atoms with Crippen LogP contribution in [-0.2, 0) is 4.79 Å². The summed E-state index contributed by atoms with van der Waals surface area (Å²) in [4.78, 5) is 39.6. The Morgan fingerprint density at radius 2 is 1.08 bits per heavy atom. The van der Waals surface area contributed by atoms with Crippen molar-refractivity contribution in [3.8, 4) is 0 Å². The Labute approximate surface area is 313 Å². The van der Waals surface area contributed by atoms with Gasteiger partial charge in [-0.3, -0.25) is 14.5 Å². The molecule has 5 rings (SSSR count). The minimum atomic E-state index is -2.92. The number of anilines is 1. The number of fused-ring (bicyclic) bond motifs is 1. The molecule has 0 aromatic heterocycles. The number of nitrogens with zero attached hydrogens (tertiary/aromatic N) is 1. The number of unbranched alkanes of at least 4 members (excludes halogenated alkanes) is 7. The topological polar surface area (TPSA) is 66.5 Å². The number of hydrogen-bond donors (Lipinski definition) is 1. The fraction of sp³-hybridized carbons (Fsp3) is 0.386. The third-order valence-electron chi connectivity index (χ3n) is 10.7. The van der Waals surface area contributed by atoms with Gasteiger partial charge in [0.05, 0.1) is 11.1 Å². The summed E-state index contributed by atoms with van der Waals surface area (Å²) in [6, 6.07) is 32.4. The van der Waals surface area contributed by atoms with Gasteiger partial charge in [-0.25, -0.2) is 0 Å². The van der Waals surface area contributed by atoms with Crippen LogP contribution in [0.15, 0.2) is 91.0 Å². The van der Waals surface area contributed by atoms with Crippen molar-refractivity contribution >= 4 is 60.1 Å². The zero-order valence-electron chi connectivity index (χ0n) is 31.0. The molecule has 0 fully saturated rings. The van der Waals surface area contributed by atoms with Gasteiger partial charge in [-0.05, 0) is 31.5 Å². The van der Waals surface area contributed by atoms with E-state index in [4.69, 9.17) is 0 Å². The average molecular weight is 770 g/mol. The molecule has 1 unspecified atom stereocenters. The molecular formula is C44H54BrN2O3P. The molecule has 0 saturated carbocycles. The molecule has 51 heavy (non-hydrogen) atoms. The third-order valence-corrected chi connectivity index (χ3v) is 20.7. The second kappa shape index (κ2) is 16.8. The van der Waals surface area contributed by atoms with Gasteiger partial charge in [0, 0.05) is 11.7 Å². The number of nitrogens with one attached hydrogen (secondary N) is 1. The average Bonchev–Trinajstić information content (AvgIpc) is 3.37. The Balaban J connectivity index is 1.10. The second-order valence-corrected chi connectivity index (χ2v) is 23.6. The van der Waals surface area contributed by atoms with Crippen molar-refractivity contribution in [2.45, 2.75) is 105 Å². The van der Waals surface area contributed by atoms with Crippen LogP contribution in [0.5, 0.6) is 0 Å². The number of amides is 3. The van der Waals surface area contributed by atoms with Crippen LogP contribution in [-0.4, -0.2) is 34.8 Å². The van der Waals surface area contributed by atoms with E-state index in [9.17, 15) is 14.4 Å². The van der Waals surface area contributed by atoms with E-state index < -0.39 is 5.31 Å². The number of carbonyl (C=O) groups excluding carboxylic acids is 3. The first-order chi connectivity index (χ1) is 24.5. The minimum absolute atomic E-state index is 0.0580. The van der Waals surface area contributed by atoms with Crippen LogP contribution in [0.1, 0.15) is 115 Å². The summed E-state index contributed by atoms with van der Waals surface area (Å²) in [7, 11) is 0. The van der Waals surface area contributed by atoms with Gasteiger partial charge in [-0.1, -0.05) is 6.92 Å². The van der Waals surface area contributed by atoms with Crippen molar-refractivity contribution in [2.24, 2.45) is 0 Å². The van der Waals surface area contributed by atoms with Crippen LogP contribution >= 0.6 is 20.8 Å². The van der Waals surface area contributed by atoms with Gasteiger partial charge in [0.15, 0.2) is 0 Å². The van der Waals surface area contributed by atoms with E-state index in [-0.39, 0.29) is 23.8 Å². The van der Waals surface area contributed by atoms with Crippen LogP contribution in [0.2, 0.25) is 0 Å². The summed E-state index contributed by atoms with van der Waals surface area (Å²) < 4.78 is 0. The van der Waals surface area contributed by atoms with Crippen LogP contribution in [0.25, 0.3) is 0 Å². The molecule has 7 heteroatoms. The number of hydrogen-bond acceptors (Lipinski definition) is 3. The summed E-state index contributed by atoms with van der Waals surface area (Å²) in [6.07, 6.45) is 11.0. The molecule has 0 spiro atoms. The molecule has 0 bridgehead atoms. The summed E-state index contributed by atoms with van der Waals surface area (Å²) in [5.74, 6) is -0.592. The molecule has 1 heterocycles. The molecule has 270 valence electrons. The standard InChI is InChI=1S/C44H54BrN2O3P/c1-6-35(5)47-43(49)40-29-22-36(31-41(40)44(47)50)46-42(48)15-13-11-9-7-8-10-12-14-30-51(45,37-23-16-32(2)17-24-37,38-25-18-33(3)19-26-38)39-27-20-34(4)21-28-39/h16-29,31,35H,6-15,30H2,1-5H3,(H,46,48). The molecule has 4 aromatic rings. The molecule has 5 nitrogen and oxygen atoms in total. The largest absolute Gasteiger partial charge is 0.269 e.